The van der Waals surface area contributed by atoms with E-state index >= 15 is 0 Å². The first-order valence-electron chi connectivity index (χ1n) is 5.84. The summed E-state index contributed by atoms with van der Waals surface area (Å²) in [6.45, 7) is 1.93. The number of aryl methyl sites for hydroxylation is 1. The lowest BCUT2D eigenvalue weighted by molar-refractivity contribution is 0.0880. The van der Waals surface area contributed by atoms with Gasteiger partial charge in [0, 0.05) is 10.6 Å². The first-order valence-corrected chi connectivity index (χ1v) is 6.21. The average Bonchev–Trinajstić information content (AvgIpc) is 2.66. The molecule has 0 aromatic heterocycles. The zero-order chi connectivity index (χ0) is 13.6. The van der Waals surface area contributed by atoms with Crippen LogP contribution in [0.4, 0.5) is 0 Å². The Bertz CT molecular complexity index is 702. The molecule has 2 amide bonds. The van der Waals surface area contributed by atoms with E-state index in [2.05, 4.69) is 5.32 Å². The van der Waals surface area contributed by atoms with Gasteiger partial charge in [0.1, 0.15) is 0 Å². The number of hydrogen-bond donors (Lipinski definition) is 1. The molecule has 1 aliphatic heterocycles. The van der Waals surface area contributed by atoms with Gasteiger partial charge in [-0.3, -0.25) is 14.9 Å². The second-order valence-electron chi connectivity index (χ2n) is 4.44. The van der Waals surface area contributed by atoms with Crippen molar-refractivity contribution >= 4 is 23.4 Å². The number of nitrogens with one attached hydrogen (secondary N) is 1. The van der Waals surface area contributed by atoms with Gasteiger partial charge in [-0.05, 0) is 30.2 Å². The molecule has 0 radical (unpaired) electrons. The number of carbonyl (C=O) groups excluding carboxylic acids is 2. The summed E-state index contributed by atoms with van der Waals surface area (Å²) in [7, 11) is 0. The van der Waals surface area contributed by atoms with Crippen molar-refractivity contribution in [3.05, 3.63) is 58.1 Å². The first-order chi connectivity index (χ1) is 9.09. The highest BCUT2D eigenvalue weighted by molar-refractivity contribution is 6.34. The third-order valence-corrected chi connectivity index (χ3v) is 3.57. The van der Waals surface area contributed by atoms with Crippen molar-refractivity contribution in [2.75, 3.05) is 0 Å². The quantitative estimate of drug-likeness (QED) is 0.810. The molecule has 0 unspecified atom stereocenters. The van der Waals surface area contributed by atoms with E-state index in [0.29, 0.717) is 21.7 Å². The predicted molar refractivity (Wildman–Crippen MR) is 73.4 cm³/mol. The van der Waals surface area contributed by atoms with Crippen LogP contribution in [0.5, 0.6) is 0 Å². The maximum absolute atomic E-state index is 11.9. The fourth-order valence-electron chi connectivity index (χ4n) is 2.40. The summed E-state index contributed by atoms with van der Waals surface area (Å²) >= 11 is 6.23. The molecule has 2 aromatic rings. The second-order valence-corrected chi connectivity index (χ2v) is 4.85. The molecule has 3 rings (SSSR count). The van der Waals surface area contributed by atoms with Gasteiger partial charge in [-0.1, -0.05) is 35.9 Å². The standard InChI is InChI=1S/C15H10ClNO2/c1-8-4-2-7-11(16)12(8)9-5-3-6-10-13(9)15(19)17-14(10)18/h2-7H,1H3,(H,17,18,19). The molecule has 0 atom stereocenters. The Hall–Kier alpha value is -2.13. The van der Waals surface area contributed by atoms with Gasteiger partial charge < -0.3 is 0 Å². The van der Waals surface area contributed by atoms with Gasteiger partial charge in [-0.25, -0.2) is 0 Å². The zero-order valence-electron chi connectivity index (χ0n) is 10.2. The van der Waals surface area contributed by atoms with Gasteiger partial charge in [0.15, 0.2) is 0 Å². The van der Waals surface area contributed by atoms with E-state index in [9.17, 15) is 9.59 Å². The summed E-state index contributed by atoms with van der Waals surface area (Å²) in [5, 5.41) is 2.88. The average molecular weight is 272 g/mol. The monoisotopic (exact) mass is 271 g/mol. The lowest BCUT2D eigenvalue weighted by atomic mass is 9.93. The highest BCUT2D eigenvalue weighted by atomic mass is 35.5. The Balaban J connectivity index is 2.35. The van der Waals surface area contributed by atoms with Gasteiger partial charge >= 0.3 is 0 Å². The molecular formula is C15H10ClNO2. The number of benzene rings is 2. The zero-order valence-corrected chi connectivity index (χ0v) is 10.9. The molecular weight excluding hydrogens is 262 g/mol. The molecule has 0 fully saturated rings. The topological polar surface area (TPSA) is 46.2 Å². The maximum Gasteiger partial charge on any atom is 0.259 e. The summed E-state index contributed by atoms with van der Waals surface area (Å²) in [4.78, 5) is 23.6. The fraction of sp³-hybridized carbons (Fsp3) is 0.0667. The van der Waals surface area contributed by atoms with E-state index in [4.69, 9.17) is 11.6 Å². The minimum Gasteiger partial charge on any atom is -0.288 e. The molecule has 1 heterocycles. The van der Waals surface area contributed by atoms with Gasteiger partial charge in [0.2, 0.25) is 0 Å². The molecule has 0 saturated heterocycles. The molecule has 1 N–H and O–H groups in total. The highest BCUT2D eigenvalue weighted by Crippen LogP contribution is 2.35. The smallest absolute Gasteiger partial charge is 0.259 e. The van der Waals surface area contributed by atoms with E-state index in [1.54, 1.807) is 18.2 Å². The van der Waals surface area contributed by atoms with Crippen LogP contribution in [0.1, 0.15) is 26.3 Å². The Morgan fingerprint density at radius 3 is 2.32 bits per heavy atom. The van der Waals surface area contributed by atoms with Crippen molar-refractivity contribution in [3.63, 3.8) is 0 Å². The van der Waals surface area contributed by atoms with Crippen molar-refractivity contribution in [2.24, 2.45) is 0 Å². The number of amides is 2. The Morgan fingerprint density at radius 1 is 0.895 bits per heavy atom. The van der Waals surface area contributed by atoms with Gasteiger partial charge in [0.05, 0.1) is 11.1 Å². The van der Waals surface area contributed by atoms with Crippen LogP contribution < -0.4 is 5.32 Å². The molecule has 0 saturated carbocycles. The summed E-state index contributed by atoms with van der Waals surface area (Å²) < 4.78 is 0. The molecule has 0 spiro atoms. The van der Waals surface area contributed by atoms with Crippen LogP contribution in [0.3, 0.4) is 0 Å². The lowest BCUT2D eigenvalue weighted by Gasteiger charge is -2.11. The predicted octanol–water partition coefficient (Wildman–Crippen LogP) is 3.20. The van der Waals surface area contributed by atoms with Crippen LogP contribution in [0, 0.1) is 6.92 Å². The third-order valence-electron chi connectivity index (χ3n) is 3.25. The fourth-order valence-corrected chi connectivity index (χ4v) is 2.72. The summed E-state index contributed by atoms with van der Waals surface area (Å²) in [6, 6.07) is 10.8. The minimum absolute atomic E-state index is 0.355. The van der Waals surface area contributed by atoms with Crippen molar-refractivity contribution in [1.82, 2.24) is 5.32 Å². The molecule has 2 aromatic carbocycles. The normalized spacial score (nSPS) is 13.4. The number of fused-ring (bicyclic) bond motifs is 1. The summed E-state index contributed by atoms with van der Waals surface area (Å²) in [5.74, 6) is -0.721. The Labute approximate surface area is 115 Å². The molecule has 3 nitrogen and oxygen atoms in total. The van der Waals surface area contributed by atoms with Crippen molar-refractivity contribution in [2.45, 2.75) is 6.92 Å². The van der Waals surface area contributed by atoms with Crippen molar-refractivity contribution < 1.29 is 9.59 Å². The first kappa shape index (κ1) is 11.9. The van der Waals surface area contributed by atoms with Crippen LogP contribution in [0.2, 0.25) is 5.02 Å². The number of rotatable bonds is 1. The summed E-state index contributed by atoms with van der Waals surface area (Å²) in [5.41, 5.74) is 3.27. The van der Waals surface area contributed by atoms with Gasteiger partial charge in [-0.2, -0.15) is 0 Å². The van der Waals surface area contributed by atoms with Gasteiger partial charge in [-0.15, -0.1) is 0 Å². The lowest BCUT2D eigenvalue weighted by Crippen LogP contribution is -2.20. The second kappa shape index (κ2) is 4.21. The Morgan fingerprint density at radius 2 is 1.58 bits per heavy atom. The molecule has 0 bridgehead atoms. The van der Waals surface area contributed by atoms with Crippen LogP contribution in [-0.2, 0) is 0 Å². The number of imide groups is 1. The van der Waals surface area contributed by atoms with Gasteiger partial charge in [0.25, 0.3) is 11.8 Å². The van der Waals surface area contributed by atoms with Crippen LogP contribution >= 0.6 is 11.6 Å². The van der Waals surface area contributed by atoms with Crippen LogP contribution in [0.25, 0.3) is 11.1 Å². The largest absolute Gasteiger partial charge is 0.288 e. The number of hydrogen-bond acceptors (Lipinski definition) is 2. The van der Waals surface area contributed by atoms with Crippen LogP contribution in [0.15, 0.2) is 36.4 Å². The van der Waals surface area contributed by atoms with E-state index in [-0.39, 0.29) is 11.8 Å². The minimum atomic E-state index is -0.366. The van der Waals surface area contributed by atoms with E-state index in [1.807, 2.05) is 25.1 Å². The third kappa shape index (κ3) is 1.74. The van der Waals surface area contributed by atoms with E-state index in [0.717, 1.165) is 11.1 Å². The van der Waals surface area contributed by atoms with Crippen molar-refractivity contribution in [3.8, 4) is 11.1 Å². The molecule has 4 heteroatoms. The van der Waals surface area contributed by atoms with Crippen molar-refractivity contribution in [1.29, 1.82) is 0 Å². The molecule has 94 valence electrons. The SMILES string of the molecule is Cc1cccc(Cl)c1-c1cccc2c1C(=O)NC2=O. The van der Waals surface area contributed by atoms with E-state index in [1.165, 1.54) is 0 Å². The highest BCUT2D eigenvalue weighted by Gasteiger charge is 2.30. The molecule has 0 aliphatic carbocycles. The maximum atomic E-state index is 11.9. The number of carbonyl (C=O) groups is 2. The Kier molecular flexibility index (Phi) is 2.64. The van der Waals surface area contributed by atoms with E-state index < -0.39 is 0 Å². The summed E-state index contributed by atoms with van der Waals surface area (Å²) in [6.07, 6.45) is 0. The van der Waals surface area contributed by atoms with Crippen LogP contribution in [-0.4, -0.2) is 11.8 Å². The number of halogens is 1. The molecule has 19 heavy (non-hydrogen) atoms. The molecule has 1 aliphatic rings.